The number of unbranched alkanes of at least 4 members (excludes halogenated alkanes) is 10. The van der Waals surface area contributed by atoms with Gasteiger partial charge >= 0.3 is 13.8 Å². The fourth-order valence-electron chi connectivity index (χ4n) is 4.64. The highest BCUT2D eigenvalue weighted by Gasteiger charge is 2.26. The zero-order chi connectivity index (χ0) is 36.3. The Hall–Kier alpha value is -1.80. The van der Waals surface area contributed by atoms with E-state index in [1.54, 1.807) is 0 Å². The molecule has 0 fully saturated rings. The van der Waals surface area contributed by atoms with Crippen LogP contribution >= 0.6 is 7.82 Å². The highest BCUT2D eigenvalue weighted by Crippen LogP contribution is 2.43. The van der Waals surface area contributed by atoms with E-state index in [1.807, 2.05) is 21.1 Å². The Labute approximate surface area is 300 Å². The van der Waals surface area contributed by atoms with Crippen LogP contribution in [0.5, 0.6) is 0 Å². The molecule has 0 saturated heterocycles. The highest BCUT2D eigenvalue weighted by molar-refractivity contribution is 7.47. The van der Waals surface area contributed by atoms with Crippen LogP contribution in [0, 0.1) is 0 Å². The van der Waals surface area contributed by atoms with Crippen molar-refractivity contribution in [1.29, 1.82) is 0 Å². The lowest BCUT2D eigenvalue weighted by molar-refractivity contribution is -0.870. The van der Waals surface area contributed by atoms with E-state index in [1.165, 1.54) is 51.4 Å². The normalized spacial score (nSPS) is 14.7. The first-order valence-corrected chi connectivity index (χ1v) is 20.5. The van der Waals surface area contributed by atoms with E-state index in [4.69, 9.17) is 18.5 Å². The summed E-state index contributed by atoms with van der Waals surface area (Å²) in [4.78, 5) is 22.7. The van der Waals surface area contributed by atoms with Gasteiger partial charge in [0.05, 0.1) is 34.4 Å². The first-order chi connectivity index (χ1) is 23.6. The molecular formula is C40H73NO7P+. The number of carbonyl (C=O) groups excluding carboxylic acids is 1. The number of hydrogen-bond acceptors (Lipinski definition) is 6. The van der Waals surface area contributed by atoms with Crippen molar-refractivity contribution in [3.8, 4) is 0 Å². The van der Waals surface area contributed by atoms with Crippen molar-refractivity contribution in [3.05, 3.63) is 60.8 Å². The standard InChI is InChI=1S/C40H72NO7P/c1-6-8-10-12-14-16-18-19-20-21-22-23-24-25-27-29-31-33-40(42)48-39(38-47-49(43,44)46-36-34-41(3,4)5)37-45-35-32-30-28-26-17-15-13-11-9-7-2/h8,10,14,16,19-20,22-23,25,27,39H,6-7,9,11-13,15,17-18,21,24,26,28-38H2,1-5H3/p+1/b10-8-,16-14-,20-19-,23-22-,27-25-. The summed E-state index contributed by atoms with van der Waals surface area (Å²) in [6.07, 6.45) is 39.7. The summed E-state index contributed by atoms with van der Waals surface area (Å²) in [5.74, 6) is -0.373. The summed E-state index contributed by atoms with van der Waals surface area (Å²) in [5, 5.41) is 0. The molecule has 0 saturated carbocycles. The number of carbonyl (C=O) groups is 1. The number of rotatable bonds is 34. The summed E-state index contributed by atoms with van der Waals surface area (Å²) < 4.78 is 34.7. The van der Waals surface area contributed by atoms with Gasteiger partial charge in [-0.3, -0.25) is 13.8 Å². The smallest absolute Gasteiger partial charge is 0.457 e. The van der Waals surface area contributed by atoms with Gasteiger partial charge in [-0.05, 0) is 51.4 Å². The summed E-state index contributed by atoms with van der Waals surface area (Å²) in [5.41, 5.74) is 0. The first kappa shape index (κ1) is 47.2. The minimum absolute atomic E-state index is 0.0762. The Balaban J connectivity index is 4.42. The van der Waals surface area contributed by atoms with Gasteiger partial charge in [0.15, 0.2) is 0 Å². The molecule has 1 N–H and O–H groups in total. The molecule has 0 aromatic heterocycles. The predicted octanol–water partition coefficient (Wildman–Crippen LogP) is 10.6. The van der Waals surface area contributed by atoms with E-state index in [0.717, 1.165) is 51.4 Å². The molecule has 0 aliphatic carbocycles. The Bertz CT molecular complexity index is 968. The van der Waals surface area contributed by atoms with Gasteiger partial charge in [0, 0.05) is 13.0 Å². The third kappa shape index (κ3) is 37.3. The average Bonchev–Trinajstić information content (AvgIpc) is 3.04. The van der Waals surface area contributed by atoms with Gasteiger partial charge in [-0.15, -0.1) is 0 Å². The second kappa shape index (κ2) is 33.3. The Morgan fingerprint density at radius 2 is 1.16 bits per heavy atom. The molecule has 0 aliphatic rings. The van der Waals surface area contributed by atoms with Gasteiger partial charge in [0.1, 0.15) is 19.3 Å². The molecule has 0 radical (unpaired) electrons. The third-order valence-electron chi connectivity index (χ3n) is 7.59. The van der Waals surface area contributed by atoms with Crippen LogP contribution in [-0.2, 0) is 27.9 Å². The second-order valence-corrected chi connectivity index (χ2v) is 15.0. The molecule has 2 atom stereocenters. The summed E-state index contributed by atoms with van der Waals surface area (Å²) in [7, 11) is 1.62. The zero-order valence-corrected chi connectivity index (χ0v) is 32.8. The van der Waals surface area contributed by atoms with Crippen LogP contribution in [0.4, 0.5) is 0 Å². The van der Waals surface area contributed by atoms with Crippen molar-refractivity contribution < 1.29 is 37.3 Å². The fourth-order valence-corrected chi connectivity index (χ4v) is 5.39. The molecule has 284 valence electrons. The molecule has 0 aromatic carbocycles. The van der Waals surface area contributed by atoms with Crippen molar-refractivity contribution in [1.82, 2.24) is 0 Å². The van der Waals surface area contributed by atoms with Crippen LogP contribution in [-0.4, -0.2) is 75.6 Å². The minimum Gasteiger partial charge on any atom is -0.457 e. The van der Waals surface area contributed by atoms with E-state index in [0.29, 0.717) is 24.1 Å². The number of ether oxygens (including phenoxy) is 2. The molecule has 0 aliphatic heterocycles. The van der Waals surface area contributed by atoms with Gasteiger partial charge in [-0.1, -0.05) is 132 Å². The van der Waals surface area contributed by atoms with E-state index in [2.05, 4.69) is 74.6 Å². The third-order valence-corrected chi connectivity index (χ3v) is 8.58. The molecule has 0 amide bonds. The lowest BCUT2D eigenvalue weighted by atomic mass is 10.1. The first-order valence-electron chi connectivity index (χ1n) is 19.0. The molecule has 0 heterocycles. The Morgan fingerprint density at radius 3 is 1.69 bits per heavy atom. The second-order valence-electron chi connectivity index (χ2n) is 13.6. The molecule has 9 heteroatoms. The topological polar surface area (TPSA) is 91.3 Å². The van der Waals surface area contributed by atoms with E-state index < -0.39 is 13.9 Å². The Kier molecular flexibility index (Phi) is 32.1. The SMILES string of the molecule is CC/C=C\C/C=C\C/C=C\C/C=C\C/C=C\CCCC(=O)OC(COCCCCCCCCCCCC)COP(=O)(O)OCC[N+](C)(C)C. The van der Waals surface area contributed by atoms with Crippen LogP contribution < -0.4 is 0 Å². The van der Waals surface area contributed by atoms with Crippen molar-refractivity contribution >= 4 is 13.8 Å². The van der Waals surface area contributed by atoms with Gasteiger partial charge in [0.25, 0.3) is 0 Å². The molecule has 49 heavy (non-hydrogen) atoms. The lowest BCUT2D eigenvalue weighted by Crippen LogP contribution is -2.37. The average molecular weight is 711 g/mol. The summed E-state index contributed by atoms with van der Waals surface area (Å²) in [6, 6.07) is 0. The molecule has 2 unspecified atom stereocenters. The van der Waals surface area contributed by atoms with Crippen molar-refractivity contribution in [2.75, 3.05) is 54.1 Å². The number of nitrogens with zero attached hydrogens (tertiary/aromatic N) is 1. The van der Waals surface area contributed by atoms with Crippen molar-refractivity contribution in [2.45, 2.75) is 136 Å². The highest BCUT2D eigenvalue weighted by atomic mass is 31.2. The largest absolute Gasteiger partial charge is 0.472 e. The number of esters is 1. The van der Waals surface area contributed by atoms with Crippen LogP contribution in [0.15, 0.2) is 60.8 Å². The van der Waals surface area contributed by atoms with Gasteiger partial charge < -0.3 is 18.9 Å². The van der Waals surface area contributed by atoms with Crippen molar-refractivity contribution in [2.24, 2.45) is 0 Å². The van der Waals surface area contributed by atoms with Crippen molar-refractivity contribution in [3.63, 3.8) is 0 Å². The van der Waals surface area contributed by atoms with E-state index in [9.17, 15) is 14.3 Å². The lowest BCUT2D eigenvalue weighted by Gasteiger charge is -2.24. The van der Waals surface area contributed by atoms with Gasteiger partial charge in [-0.25, -0.2) is 4.57 Å². The molecule has 0 aromatic rings. The van der Waals surface area contributed by atoms with E-state index in [-0.39, 0.29) is 32.2 Å². The summed E-state index contributed by atoms with van der Waals surface area (Å²) >= 11 is 0. The Morgan fingerprint density at radius 1 is 0.653 bits per heavy atom. The monoisotopic (exact) mass is 711 g/mol. The zero-order valence-electron chi connectivity index (χ0n) is 31.9. The van der Waals surface area contributed by atoms with Gasteiger partial charge in [-0.2, -0.15) is 0 Å². The maximum Gasteiger partial charge on any atom is 0.472 e. The van der Waals surface area contributed by atoms with Crippen LogP contribution in [0.2, 0.25) is 0 Å². The number of quaternary nitrogens is 1. The number of hydrogen-bond donors (Lipinski definition) is 1. The number of likely N-dealkylation sites (N-methyl/N-ethyl adjacent to an activating group) is 1. The maximum absolute atomic E-state index is 12.6. The molecule has 8 nitrogen and oxygen atoms in total. The fraction of sp³-hybridized carbons (Fsp3) is 0.725. The molecular weight excluding hydrogens is 637 g/mol. The number of phosphoric ester groups is 1. The molecule has 0 rings (SSSR count). The predicted molar refractivity (Wildman–Crippen MR) is 205 cm³/mol. The van der Waals surface area contributed by atoms with Crippen LogP contribution in [0.1, 0.15) is 129 Å². The minimum atomic E-state index is -4.28. The van der Waals surface area contributed by atoms with Gasteiger partial charge in [0.2, 0.25) is 0 Å². The number of allylic oxidation sites excluding steroid dienone is 10. The summed E-state index contributed by atoms with van der Waals surface area (Å²) in [6.45, 7) is 5.40. The van der Waals surface area contributed by atoms with E-state index >= 15 is 0 Å². The maximum atomic E-state index is 12.6. The van der Waals surface area contributed by atoms with Crippen LogP contribution in [0.3, 0.4) is 0 Å². The quantitative estimate of drug-likeness (QED) is 0.0234. The molecule has 0 spiro atoms. The van der Waals surface area contributed by atoms with Crippen LogP contribution in [0.25, 0.3) is 0 Å². The molecule has 0 bridgehead atoms. The number of phosphoric acid groups is 1.